The average Bonchev–Trinajstić information content (AvgIpc) is 3.24. The number of halogens is 2. The first-order valence-corrected chi connectivity index (χ1v) is 12.6. The molecule has 1 aliphatic carbocycles. The minimum Gasteiger partial charge on any atom is -0.382 e. The number of hydrazine groups is 1. The molecule has 3 fully saturated rings. The number of piperidine rings is 1. The molecule has 5 rings (SSSR count). The zero-order valence-electron chi connectivity index (χ0n) is 19.4. The monoisotopic (exact) mass is 496 g/mol. The van der Waals surface area contributed by atoms with Gasteiger partial charge in [-0.05, 0) is 62.4 Å². The SMILES string of the molecule is N#CCC1(N2NC(Nc3ccc(Cl)c(F)c3)C3C(=O)NCCC32)CCC(Nc2ccccc2)CC1. The normalized spacial score (nSPS) is 30.7. The summed E-state index contributed by atoms with van der Waals surface area (Å²) in [6.07, 6.45) is 4.28. The first-order valence-electron chi connectivity index (χ1n) is 12.2. The highest BCUT2D eigenvalue weighted by Gasteiger charge is 2.54. The van der Waals surface area contributed by atoms with Crippen LogP contribution < -0.4 is 21.4 Å². The second-order valence-electron chi connectivity index (χ2n) is 9.77. The number of rotatable bonds is 6. The number of nitriles is 1. The van der Waals surface area contributed by atoms with Crippen LogP contribution in [0.2, 0.25) is 5.02 Å². The number of hydrogen-bond donors (Lipinski definition) is 4. The minimum atomic E-state index is -0.513. The molecule has 0 spiro atoms. The molecule has 2 aromatic rings. The van der Waals surface area contributed by atoms with Gasteiger partial charge in [-0.25, -0.2) is 14.8 Å². The second-order valence-corrected chi connectivity index (χ2v) is 10.2. The lowest BCUT2D eigenvalue weighted by Crippen LogP contribution is -2.60. The first kappa shape index (κ1) is 23.9. The molecule has 9 heteroatoms. The number of fused-ring (bicyclic) bond motifs is 1. The Morgan fingerprint density at radius 1 is 1.11 bits per heavy atom. The molecule has 2 heterocycles. The quantitative estimate of drug-likeness (QED) is 0.478. The van der Waals surface area contributed by atoms with Crippen LogP contribution in [0.1, 0.15) is 38.5 Å². The van der Waals surface area contributed by atoms with E-state index in [1.54, 1.807) is 6.07 Å². The van der Waals surface area contributed by atoms with E-state index in [1.807, 2.05) is 18.2 Å². The summed E-state index contributed by atoms with van der Waals surface area (Å²) in [6.45, 7) is 0.599. The Hall–Kier alpha value is -2.86. The van der Waals surface area contributed by atoms with E-state index in [0.717, 1.165) is 37.8 Å². The summed E-state index contributed by atoms with van der Waals surface area (Å²) in [5.41, 5.74) is 4.83. The highest BCUT2D eigenvalue weighted by molar-refractivity contribution is 6.30. The Labute approximate surface area is 210 Å². The highest BCUT2D eigenvalue weighted by atomic mass is 35.5. The predicted molar refractivity (Wildman–Crippen MR) is 134 cm³/mol. The molecule has 2 aromatic carbocycles. The van der Waals surface area contributed by atoms with Gasteiger partial charge in [0, 0.05) is 35.5 Å². The summed E-state index contributed by atoms with van der Waals surface area (Å²) in [6, 6.07) is 17.4. The van der Waals surface area contributed by atoms with Crippen molar-refractivity contribution in [3.05, 3.63) is 59.4 Å². The number of para-hydroxylation sites is 1. The largest absolute Gasteiger partial charge is 0.382 e. The van der Waals surface area contributed by atoms with E-state index in [4.69, 9.17) is 11.6 Å². The third-order valence-corrected chi connectivity index (χ3v) is 7.95. The van der Waals surface area contributed by atoms with E-state index >= 15 is 0 Å². The smallest absolute Gasteiger partial charge is 0.228 e. The molecule has 0 aromatic heterocycles. The Morgan fingerprint density at radius 3 is 2.60 bits per heavy atom. The van der Waals surface area contributed by atoms with Gasteiger partial charge in [0.05, 0.1) is 23.4 Å². The molecule has 2 aliphatic heterocycles. The molecule has 1 saturated carbocycles. The van der Waals surface area contributed by atoms with Crippen molar-refractivity contribution in [2.24, 2.45) is 5.92 Å². The van der Waals surface area contributed by atoms with Gasteiger partial charge in [-0.15, -0.1) is 0 Å². The standard InChI is InChI=1S/C26H30ClFN6O/c27-20-7-6-19(16-21(20)28)32-24-23-22(10-15-30-25(23)35)34(33-24)26(13-14-29)11-8-18(9-12-26)31-17-4-2-1-3-5-17/h1-7,16,18,22-24,31-33H,8-13,15H2,(H,30,35). The fourth-order valence-electron chi connectivity index (χ4n) is 5.90. The fraction of sp³-hybridized carbons (Fsp3) is 0.462. The number of nitrogens with zero attached hydrogens (tertiary/aromatic N) is 2. The molecule has 1 amide bonds. The van der Waals surface area contributed by atoms with Gasteiger partial charge in [-0.2, -0.15) is 5.26 Å². The molecule has 3 aliphatic rings. The third kappa shape index (κ3) is 4.81. The third-order valence-electron chi connectivity index (χ3n) is 7.65. The zero-order valence-corrected chi connectivity index (χ0v) is 20.2. The molecule has 3 unspecified atom stereocenters. The van der Waals surface area contributed by atoms with Crippen molar-refractivity contribution >= 4 is 28.9 Å². The van der Waals surface area contributed by atoms with Crippen LogP contribution in [0.5, 0.6) is 0 Å². The molecule has 7 nitrogen and oxygen atoms in total. The maximum absolute atomic E-state index is 14.1. The van der Waals surface area contributed by atoms with E-state index in [9.17, 15) is 14.4 Å². The van der Waals surface area contributed by atoms with Crippen molar-refractivity contribution in [3.8, 4) is 6.07 Å². The van der Waals surface area contributed by atoms with Crippen LogP contribution in [-0.2, 0) is 4.79 Å². The summed E-state index contributed by atoms with van der Waals surface area (Å²) in [5, 5.41) is 21.9. The van der Waals surface area contributed by atoms with Gasteiger partial charge in [0.15, 0.2) is 0 Å². The van der Waals surface area contributed by atoms with Crippen LogP contribution in [0.15, 0.2) is 48.5 Å². The van der Waals surface area contributed by atoms with E-state index in [0.29, 0.717) is 24.7 Å². The predicted octanol–water partition coefficient (Wildman–Crippen LogP) is 4.25. The topological polar surface area (TPSA) is 92.2 Å². The summed E-state index contributed by atoms with van der Waals surface area (Å²) in [7, 11) is 0. The van der Waals surface area contributed by atoms with Gasteiger partial charge in [-0.1, -0.05) is 29.8 Å². The molecule has 0 radical (unpaired) electrons. The Kier molecular flexibility index (Phi) is 6.83. The molecule has 35 heavy (non-hydrogen) atoms. The van der Waals surface area contributed by atoms with Gasteiger partial charge < -0.3 is 16.0 Å². The minimum absolute atomic E-state index is 0.0327. The summed E-state index contributed by atoms with van der Waals surface area (Å²) in [5.74, 6) is -0.908. The number of nitrogens with one attached hydrogen (secondary N) is 4. The van der Waals surface area contributed by atoms with Crippen molar-refractivity contribution in [3.63, 3.8) is 0 Å². The summed E-state index contributed by atoms with van der Waals surface area (Å²) >= 11 is 5.85. The van der Waals surface area contributed by atoms with Crippen LogP contribution >= 0.6 is 11.6 Å². The molecule has 0 bridgehead atoms. The summed E-state index contributed by atoms with van der Waals surface area (Å²) in [4.78, 5) is 13.0. The Morgan fingerprint density at radius 2 is 1.89 bits per heavy atom. The fourth-order valence-corrected chi connectivity index (χ4v) is 6.02. The lowest BCUT2D eigenvalue weighted by Gasteiger charge is -2.48. The molecule has 3 atom stereocenters. The molecular formula is C26H30ClFN6O. The zero-order chi connectivity index (χ0) is 24.4. The Balaban J connectivity index is 1.35. The van der Waals surface area contributed by atoms with Crippen LogP contribution in [0.25, 0.3) is 0 Å². The van der Waals surface area contributed by atoms with Crippen LogP contribution in [-0.4, -0.2) is 41.2 Å². The van der Waals surface area contributed by atoms with Crippen molar-refractivity contribution in [2.75, 3.05) is 17.2 Å². The average molecular weight is 497 g/mol. The van der Waals surface area contributed by atoms with E-state index in [2.05, 4.69) is 44.6 Å². The Bertz CT molecular complexity index is 1100. The lowest BCUT2D eigenvalue weighted by molar-refractivity contribution is -0.128. The van der Waals surface area contributed by atoms with Gasteiger partial charge in [-0.3, -0.25) is 4.79 Å². The van der Waals surface area contributed by atoms with Crippen LogP contribution in [0, 0.1) is 23.1 Å². The summed E-state index contributed by atoms with van der Waals surface area (Å²) < 4.78 is 14.1. The molecule has 4 N–H and O–H groups in total. The molecule has 2 saturated heterocycles. The lowest BCUT2D eigenvalue weighted by atomic mass is 9.75. The maximum Gasteiger partial charge on any atom is 0.228 e. The second kappa shape index (κ2) is 10.0. The van der Waals surface area contributed by atoms with Gasteiger partial charge in [0.1, 0.15) is 12.0 Å². The van der Waals surface area contributed by atoms with Gasteiger partial charge >= 0.3 is 0 Å². The number of amides is 1. The van der Waals surface area contributed by atoms with E-state index in [-0.39, 0.29) is 28.4 Å². The number of benzene rings is 2. The molecular weight excluding hydrogens is 467 g/mol. The van der Waals surface area contributed by atoms with Crippen molar-refractivity contribution in [1.82, 2.24) is 15.8 Å². The number of anilines is 2. The number of carbonyl (C=O) groups excluding carboxylic acids is 1. The van der Waals surface area contributed by atoms with Crippen molar-refractivity contribution in [2.45, 2.75) is 62.3 Å². The highest BCUT2D eigenvalue weighted by Crippen LogP contribution is 2.43. The van der Waals surface area contributed by atoms with Crippen LogP contribution in [0.3, 0.4) is 0 Å². The van der Waals surface area contributed by atoms with Crippen LogP contribution in [0.4, 0.5) is 15.8 Å². The first-order chi connectivity index (χ1) is 17.0. The maximum atomic E-state index is 14.1. The van der Waals surface area contributed by atoms with E-state index in [1.165, 1.54) is 12.1 Å². The van der Waals surface area contributed by atoms with E-state index < -0.39 is 12.0 Å². The number of hydrogen-bond acceptors (Lipinski definition) is 6. The number of carbonyl (C=O) groups is 1. The van der Waals surface area contributed by atoms with Crippen molar-refractivity contribution in [1.29, 1.82) is 5.26 Å². The molecule has 184 valence electrons. The van der Waals surface area contributed by atoms with Crippen molar-refractivity contribution < 1.29 is 9.18 Å². The van der Waals surface area contributed by atoms with Gasteiger partial charge in [0.25, 0.3) is 0 Å². The van der Waals surface area contributed by atoms with Gasteiger partial charge in [0.2, 0.25) is 5.91 Å².